The number of aliphatic hydroxyl groups is 1. The van der Waals surface area contributed by atoms with Gasteiger partial charge in [0.05, 0.1) is 5.60 Å². The number of rotatable bonds is 6. The first-order valence-electron chi connectivity index (χ1n) is 7.05. The van der Waals surface area contributed by atoms with E-state index in [-0.39, 0.29) is 17.9 Å². The van der Waals surface area contributed by atoms with Crippen LogP contribution in [0.4, 0.5) is 5.69 Å². The third kappa shape index (κ3) is 4.94. The van der Waals surface area contributed by atoms with Gasteiger partial charge >= 0.3 is 0 Å². The van der Waals surface area contributed by atoms with Crippen LogP contribution in [0.3, 0.4) is 0 Å². The summed E-state index contributed by atoms with van der Waals surface area (Å²) in [5.41, 5.74) is 1.14. The number of nitrogens with one attached hydrogen (secondary N) is 2. The topological polar surface area (TPSA) is 61.4 Å². The molecule has 0 aliphatic rings. The summed E-state index contributed by atoms with van der Waals surface area (Å²) in [7, 11) is 0. The molecule has 0 aliphatic heterocycles. The number of benzene rings is 1. The smallest absolute Gasteiger partial charge is 0.221 e. The van der Waals surface area contributed by atoms with Crippen molar-refractivity contribution in [1.29, 1.82) is 0 Å². The highest BCUT2D eigenvalue weighted by Gasteiger charge is 2.25. The molecule has 3 N–H and O–H groups in total. The Morgan fingerprint density at radius 2 is 2.00 bits per heavy atom. The Hall–Kier alpha value is -1.39. The summed E-state index contributed by atoms with van der Waals surface area (Å²) in [5, 5.41) is 16.4. The van der Waals surface area contributed by atoms with Gasteiger partial charge in [0.25, 0.3) is 0 Å². The normalized spacial score (nSPS) is 15.8. The van der Waals surface area contributed by atoms with Crippen molar-refractivity contribution >= 4 is 11.6 Å². The third-order valence-corrected chi connectivity index (χ3v) is 3.72. The highest BCUT2D eigenvalue weighted by Crippen LogP contribution is 2.20. The molecule has 0 aliphatic carbocycles. The van der Waals surface area contributed by atoms with Gasteiger partial charge in [-0.05, 0) is 37.5 Å². The monoisotopic (exact) mass is 278 g/mol. The highest BCUT2D eigenvalue weighted by molar-refractivity contribution is 5.88. The lowest BCUT2D eigenvalue weighted by molar-refractivity contribution is -0.114. The highest BCUT2D eigenvalue weighted by atomic mass is 16.3. The van der Waals surface area contributed by atoms with E-state index in [9.17, 15) is 9.90 Å². The van der Waals surface area contributed by atoms with E-state index in [4.69, 9.17) is 0 Å². The summed E-state index contributed by atoms with van der Waals surface area (Å²) in [6.07, 6.45) is 0. The first-order valence-corrected chi connectivity index (χ1v) is 7.05. The molecule has 1 amide bonds. The number of carbonyl (C=O) groups excluding carboxylic acids is 1. The lowest BCUT2D eigenvalue weighted by Crippen LogP contribution is -2.42. The van der Waals surface area contributed by atoms with Crippen molar-refractivity contribution in [2.45, 2.75) is 46.3 Å². The molecule has 0 heterocycles. The van der Waals surface area contributed by atoms with Crippen LogP contribution < -0.4 is 10.6 Å². The Labute approximate surface area is 121 Å². The van der Waals surface area contributed by atoms with Crippen LogP contribution in [-0.2, 0) is 4.79 Å². The fourth-order valence-corrected chi connectivity index (χ4v) is 1.77. The number of anilines is 1. The largest absolute Gasteiger partial charge is 0.389 e. The molecule has 1 aromatic rings. The zero-order chi connectivity index (χ0) is 15.3. The zero-order valence-corrected chi connectivity index (χ0v) is 13.0. The average molecular weight is 278 g/mol. The maximum absolute atomic E-state index is 11.1. The number of hydrogen-bond acceptors (Lipinski definition) is 3. The van der Waals surface area contributed by atoms with Gasteiger partial charge in [0.15, 0.2) is 0 Å². The van der Waals surface area contributed by atoms with Gasteiger partial charge in [-0.25, -0.2) is 0 Å². The number of hydrogen-bond donors (Lipinski definition) is 3. The predicted octanol–water partition coefficient (Wildman–Crippen LogP) is 2.70. The van der Waals surface area contributed by atoms with Crippen LogP contribution in [0.1, 0.15) is 46.2 Å². The van der Waals surface area contributed by atoms with Crippen molar-refractivity contribution in [2.24, 2.45) is 5.92 Å². The maximum atomic E-state index is 11.1. The molecule has 0 aromatic heterocycles. The minimum absolute atomic E-state index is 0.0782. The van der Waals surface area contributed by atoms with Crippen LogP contribution in [0.5, 0.6) is 0 Å². The Morgan fingerprint density at radius 3 is 2.55 bits per heavy atom. The van der Waals surface area contributed by atoms with Crippen LogP contribution >= 0.6 is 0 Å². The molecule has 0 radical (unpaired) electrons. The molecule has 4 heteroatoms. The van der Waals surface area contributed by atoms with E-state index in [2.05, 4.69) is 10.6 Å². The number of carbonyl (C=O) groups is 1. The molecular weight excluding hydrogens is 252 g/mol. The van der Waals surface area contributed by atoms with E-state index < -0.39 is 5.60 Å². The predicted molar refractivity (Wildman–Crippen MR) is 82.6 cm³/mol. The summed E-state index contributed by atoms with van der Waals surface area (Å²) >= 11 is 0. The van der Waals surface area contributed by atoms with Crippen LogP contribution in [0.2, 0.25) is 0 Å². The van der Waals surface area contributed by atoms with Gasteiger partial charge in [-0.1, -0.05) is 26.0 Å². The number of amides is 1. The molecule has 4 nitrogen and oxygen atoms in total. The van der Waals surface area contributed by atoms with Crippen molar-refractivity contribution in [3.05, 3.63) is 29.8 Å². The van der Waals surface area contributed by atoms with Gasteiger partial charge in [0, 0.05) is 25.2 Å². The maximum Gasteiger partial charge on any atom is 0.221 e. The van der Waals surface area contributed by atoms with Crippen molar-refractivity contribution < 1.29 is 9.90 Å². The molecular formula is C16H26N2O2. The van der Waals surface area contributed by atoms with Crippen LogP contribution in [0.25, 0.3) is 0 Å². The van der Waals surface area contributed by atoms with Crippen molar-refractivity contribution in [1.82, 2.24) is 5.32 Å². The van der Waals surface area contributed by atoms with E-state index in [0.717, 1.165) is 11.3 Å². The summed E-state index contributed by atoms with van der Waals surface area (Å²) in [6.45, 7) is 9.91. The first kappa shape index (κ1) is 16.7. The second-order valence-corrected chi connectivity index (χ2v) is 5.92. The second kappa shape index (κ2) is 6.86. The summed E-state index contributed by atoms with van der Waals surface area (Å²) in [5.74, 6) is 0.110. The first-order chi connectivity index (χ1) is 9.22. The SMILES string of the molecule is CC(=O)Nc1cccc(C(C)NCC(C)(O)C(C)C)c1. The Kier molecular flexibility index (Phi) is 5.72. The Bertz CT molecular complexity index is 456. The third-order valence-electron chi connectivity index (χ3n) is 3.72. The molecule has 0 fully saturated rings. The fourth-order valence-electron chi connectivity index (χ4n) is 1.77. The van der Waals surface area contributed by atoms with Gasteiger partial charge in [0.2, 0.25) is 5.91 Å². The molecule has 1 rings (SSSR count). The molecule has 1 aromatic carbocycles. The molecule has 0 spiro atoms. The van der Waals surface area contributed by atoms with Crippen molar-refractivity contribution in [3.63, 3.8) is 0 Å². The fraction of sp³-hybridized carbons (Fsp3) is 0.562. The lowest BCUT2D eigenvalue weighted by atomic mass is 9.92. The van der Waals surface area contributed by atoms with Gasteiger partial charge in [0.1, 0.15) is 0 Å². The molecule has 0 saturated carbocycles. The van der Waals surface area contributed by atoms with Crippen LogP contribution in [0, 0.1) is 5.92 Å². The van der Waals surface area contributed by atoms with Crippen molar-refractivity contribution in [3.8, 4) is 0 Å². The van der Waals surface area contributed by atoms with Crippen LogP contribution in [-0.4, -0.2) is 23.2 Å². The van der Waals surface area contributed by atoms with Crippen molar-refractivity contribution in [2.75, 3.05) is 11.9 Å². The van der Waals surface area contributed by atoms with E-state index >= 15 is 0 Å². The second-order valence-electron chi connectivity index (χ2n) is 5.92. The summed E-state index contributed by atoms with van der Waals surface area (Å²) in [6, 6.07) is 7.84. The minimum atomic E-state index is -0.733. The quantitative estimate of drug-likeness (QED) is 0.750. The summed E-state index contributed by atoms with van der Waals surface area (Å²) < 4.78 is 0. The lowest BCUT2D eigenvalue weighted by Gasteiger charge is -2.29. The van der Waals surface area contributed by atoms with E-state index in [0.29, 0.717) is 6.54 Å². The van der Waals surface area contributed by atoms with Crippen LogP contribution in [0.15, 0.2) is 24.3 Å². The van der Waals surface area contributed by atoms with Gasteiger partial charge in [-0.3, -0.25) is 4.79 Å². The van der Waals surface area contributed by atoms with E-state index in [1.807, 2.05) is 52.0 Å². The van der Waals surface area contributed by atoms with E-state index in [1.165, 1.54) is 6.92 Å². The van der Waals surface area contributed by atoms with Gasteiger partial charge in [-0.15, -0.1) is 0 Å². The molecule has 112 valence electrons. The molecule has 0 bridgehead atoms. The molecule has 2 unspecified atom stereocenters. The van der Waals surface area contributed by atoms with Gasteiger partial charge < -0.3 is 15.7 Å². The standard InChI is InChI=1S/C16H26N2O2/c1-11(2)16(5,20)10-17-12(3)14-7-6-8-15(9-14)18-13(4)19/h6-9,11-12,17,20H,10H2,1-5H3,(H,18,19). The van der Waals surface area contributed by atoms with E-state index in [1.54, 1.807) is 0 Å². The molecule has 20 heavy (non-hydrogen) atoms. The molecule has 0 saturated heterocycles. The van der Waals surface area contributed by atoms with Gasteiger partial charge in [-0.2, -0.15) is 0 Å². The summed E-state index contributed by atoms with van der Waals surface area (Å²) in [4.78, 5) is 11.1. The Balaban J connectivity index is 2.68. The minimum Gasteiger partial charge on any atom is -0.389 e. The average Bonchev–Trinajstić information content (AvgIpc) is 2.35. The Morgan fingerprint density at radius 1 is 1.35 bits per heavy atom. The molecule has 2 atom stereocenters. The zero-order valence-electron chi connectivity index (χ0n) is 13.0.